The number of anilines is 1. The molecule has 5 heteroatoms. The van der Waals surface area contributed by atoms with Crippen LogP contribution < -0.4 is 10.2 Å². The van der Waals surface area contributed by atoms with Gasteiger partial charge in [-0.3, -0.25) is 9.59 Å². The zero-order valence-electron chi connectivity index (χ0n) is 10.9. The van der Waals surface area contributed by atoms with Crippen LogP contribution in [-0.4, -0.2) is 36.1 Å². The third-order valence-electron chi connectivity index (χ3n) is 3.25. The summed E-state index contributed by atoms with van der Waals surface area (Å²) >= 11 is 0. The maximum absolute atomic E-state index is 12.2. The van der Waals surface area contributed by atoms with E-state index in [0.717, 1.165) is 11.3 Å². The number of carbonyl (C=O) groups excluding carboxylic acids is 1. The van der Waals surface area contributed by atoms with Gasteiger partial charge in [-0.2, -0.15) is 0 Å². The van der Waals surface area contributed by atoms with E-state index in [1.54, 1.807) is 4.90 Å². The second kappa shape index (κ2) is 5.84. The van der Waals surface area contributed by atoms with E-state index in [9.17, 15) is 9.59 Å². The standard InChI is InChI=1S/C14H18N2O3/c1-10-3-2-4-11(9-10)16-8-6-12(14(16)19)15-7-5-13(17)18/h2-4,9,12,15H,5-8H2,1H3,(H,17,18). The van der Waals surface area contributed by atoms with E-state index < -0.39 is 5.97 Å². The largest absolute Gasteiger partial charge is 0.481 e. The molecule has 1 aliphatic heterocycles. The highest BCUT2D eigenvalue weighted by Crippen LogP contribution is 2.22. The molecule has 19 heavy (non-hydrogen) atoms. The van der Waals surface area contributed by atoms with Gasteiger partial charge < -0.3 is 15.3 Å². The molecule has 102 valence electrons. The highest BCUT2D eigenvalue weighted by atomic mass is 16.4. The minimum Gasteiger partial charge on any atom is -0.481 e. The van der Waals surface area contributed by atoms with Gasteiger partial charge in [0.15, 0.2) is 0 Å². The molecule has 0 bridgehead atoms. The van der Waals surface area contributed by atoms with E-state index >= 15 is 0 Å². The molecule has 0 spiro atoms. The van der Waals surface area contributed by atoms with Crippen molar-refractivity contribution in [3.63, 3.8) is 0 Å². The van der Waals surface area contributed by atoms with Crippen LogP contribution in [-0.2, 0) is 9.59 Å². The van der Waals surface area contributed by atoms with Crippen molar-refractivity contribution in [3.8, 4) is 0 Å². The van der Waals surface area contributed by atoms with Gasteiger partial charge in [-0.1, -0.05) is 12.1 Å². The number of rotatable bonds is 5. The first kappa shape index (κ1) is 13.5. The molecule has 0 saturated carbocycles. The molecule has 1 unspecified atom stereocenters. The molecular weight excluding hydrogens is 244 g/mol. The summed E-state index contributed by atoms with van der Waals surface area (Å²) in [6.45, 7) is 2.99. The van der Waals surface area contributed by atoms with Gasteiger partial charge in [0.2, 0.25) is 5.91 Å². The van der Waals surface area contributed by atoms with Crippen molar-refractivity contribution >= 4 is 17.6 Å². The predicted octanol–water partition coefficient (Wildman–Crippen LogP) is 1.16. The number of hydrogen-bond acceptors (Lipinski definition) is 3. The Morgan fingerprint density at radius 2 is 2.32 bits per heavy atom. The topological polar surface area (TPSA) is 69.6 Å². The van der Waals surface area contributed by atoms with Crippen molar-refractivity contribution in [1.29, 1.82) is 0 Å². The van der Waals surface area contributed by atoms with Crippen LogP contribution in [0.1, 0.15) is 18.4 Å². The summed E-state index contributed by atoms with van der Waals surface area (Å²) in [6.07, 6.45) is 0.751. The lowest BCUT2D eigenvalue weighted by Gasteiger charge is -2.17. The number of benzene rings is 1. The number of aliphatic carboxylic acids is 1. The van der Waals surface area contributed by atoms with Crippen LogP contribution in [0, 0.1) is 6.92 Å². The van der Waals surface area contributed by atoms with Crippen LogP contribution >= 0.6 is 0 Å². The van der Waals surface area contributed by atoms with Crippen LogP contribution in [0.3, 0.4) is 0 Å². The fraction of sp³-hybridized carbons (Fsp3) is 0.429. The minimum absolute atomic E-state index is 0.0241. The van der Waals surface area contributed by atoms with E-state index in [1.807, 2.05) is 31.2 Å². The molecule has 2 N–H and O–H groups in total. The molecule has 1 heterocycles. The molecule has 0 radical (unpaired) electrons. The van der Waals surface area contributed by atoms with Gasteiger partial charge in [0.25, 0.3) is 0 Å². The van der Waals surface area contributed by atoms with E-state index in [-0.39, 0.29) is 18.4 Å². The summed E-state index contributed by atoms with van der Waals surface area (Å²) in [5, 5.41) is 11.6. The lowest BCUT2D eigenvalue weighted by molar-refractivity contribution is -0.137. The quantitative estimate of drug-likeness (QED) is 0.835. The first-order valence-corrected chi connectivity index (χ1v) is 6.41. The Kier molecular flexibility index (Phi) is 4.16. The number of amides is 1. The van der Waals surface area contributed by atoms with Crippen molar-refractivity contribution in [2.24, 2.45) is 0 Å². The van der Waals surface area contributed by atoms with Gasteiger partial charge in [-0.05, 0) is 31.0 Å². The molecule has 1 aromatic rings. The summed E-state index contributed by atoms with van der Waals surface area (Å²) in [5.41, 5.74) is 2.03. The molecule has 1 saturated heterocycles. The Labute approximate surface area is 112 Å². The molecule has 5 nitrogen and oxygen atoms in total. The Morgan fingerprint density at radius 1 is 1.53 bits per heavy atom. The predicted molar refractivity (Wildman–Crippen MR) is 72.2 cm³/mol. The van der Waals surface area contributed by atoms with Gasteiger partial charge >= 0.3 is 5.97 Å². The van der Waals surface area contributed by atoms with Crippen molar-refractivity contribution in [1.82, 2.24) is 5.32 Å². The summed E-state index contributed by atoms with van der Waals surface area (Å²) < 4.78 is 0. The normalized spacial score (nSPS) is 18.9. The molecular formula is C14H18N2O3. The lowest BCUT2D eigenvalue weighted by atomic mass is 10.2. The second-order valence-electron chi connectivity index (χ2n) is 4.77. The van der Waals surface area contributed by atoms with Crippen molar-refractivity contribution in [2.45, 2.75) is 25.8 Å². The Morgan fingerprint density at radius 3 is 3.00 bits per heavy atom. The number of carbonyl (C=O) groups is 2. The fourth-order valence-corrected chi connectivity index (χ4v) is 2.27. The summed E-state index contributed by atoms with van der Waals surface area (Å²) in [6, 6.07) is 7.57. The first-order valence-electron chi connectivity index (χ1n) is 6.41. The first-order chi connectivity index (χ1) is 9.08. The molecule has 1 aromatic carbocycles. The van der Waals surface area contributed by atoms with Gasteiger partial charge in [0.05, 0.1) is 12.5 Å². The number of hydrogen-bond donors (Lipinski definition) is 2. The molecule has 1 atom stereocenters. The Hall–Kier alpha value is -1.88. The zero-order valence-corrected chi connectivity index (χ0v) is 10.9. The monoisotopic (exact) mass is 262 g/mol. The third kappa shape index (κ3) is 3.32. The molecule has 0 aliphatic carbocycles. The van der Waals surface area contributed by atoms with Crippen LogP contribution in [0.5, 0.6) is 0 Å². The minimum atomic E-state index is -0.853. The van der Waals surface area contributed by atoms with Gasteiger partial charge in [-0.15, -0.1) is 0 Å². The van der Waals surface area contributed by atoms with Crippen molar-refractivity contribution < 1.29 is 14.7 Å². The van der Waals surface area contributed by atoms with Crippen LogP contribution in [0.2, 0.25) is 0 Å². The molecule has 2 rings (SSSR count). The Balaban J connectivity index is 1.96. The van der Waals surface area contributed by atoms with E-state index in [1.165, 1.54) is 0 Å². The molecule has 1 aliphatic rings. The maximum Gasteiger partial charge on any atom is 0.304 e. The van der Waals surface area contributed by atoms with Gasteiger partial charge in [-0.25, -0.2) is 0 Å². The zero-order chi connectivity index (χ0) is 13.8. The van der Waals surface area contributed by atoms with Gasteiger partial charge in [0.1, 0.15) is 0 Å². The summed E-state index contributed by atoms with van der Waals surface area (Å²) in [4.78, 5) is 24.4. The van der Waals surface area contributed by atoms with Crippen molar-refractivity contribution in [3.05, 3.63) is 29.8 Å². The van der Waals surface area contributed by atoms with Crippen molar-refractivity contribution in [2.75, 3.05) is 18.0 Å². The average molecular weight is 262 g/mol. The number of carboxylic acid groups (broad SMARTS) is 1. The SMILES string of the molecule is Cc1cccc(N2CCC(NCCC(=O)O)C2=O)c1. The molecule has 1 amide bonds. The van der Waals surface area contributed by atoms with Crippen LogP contribution in [0.15, 0.2) is 24.3 Å². The van der Waals surface area contributed by atoms with Gasteiger partial charge in [0, 0.05) is 18.8 Å². The van der Waals surface area contributed by atoms with E-state index in [4.69, 9.17) is 5.11 Å². The van der Waals surface area contributed by atoms with Crippen LogP contribution in [0.25, 0.3) is 0 Å². The summed E-state index contributed by atoms with van der Waals surface area (Å²) in [7, 11) is 0. The number of nitrogens with zero attached hydrogens (tertiary/aromatic N) is 1. The number of aryl methyl sites for hydroxylation is 1. The van der Waals surface area contributed by atoms with E-state index in [2.05, 4.69) is 5.32 Å². The third-order valence-corrected chi connectivity index (χ3v) is 3.25. The average Bonchev–Trinajstić information content (AvgIpc) is 2.71. The van der Waals surface area contributed by atoms with E-state index in [0.29, 0.717) is 19.5 Å². The second-order valence-corrected chi connectivity index (χ2v) is 4.77. The smallest absolute Gasteiger partial charge is 0.304 e. The summed E-state index contributed by atoms with van der Waals surface area (Å²) in [5.74, 6) is -0.829. The number of carboxylic acids is 1. The van der Waals surface area contributed by atoms with Crippen LogP contribution in [0.4, 0.5) is 5.69 Å². The highest BCUT2D eigenvalue weighted by Gasteiger charge is 2.31. The maximum atomic E-state index is 12.2. The Bertz CT molecular complexity index is 487. The lowest BCUT2D eigenvalue weighted by Crippen LogP contribution is -2.39. The molecule has 1 fully saturated rings. The highest BCUT2D eigenvalue weighted by molar-refractivity contribution is 5.99. The fourth-order valence-electron chi connectivity index (χ4n) is 2.27. The number of nitrogens with one attached hydrogen (secondary N) is 1. The molecule has 0 aromatic heterocycles.